The number of anilines is 1. The number of amides is 1. The third-order valence-corrected chi connectivity index (χ3v) is 5.40. The molecule has 0 bridgehead atoms. The molecule has 8 nitrogen and oxygen atoms in total. The highest BCUT2D eigenvalue weighted by atomic mass is 16.5. The van der Waals surface area contributed by atoms with Crippen LogP contribution in [0.3, 0.4) is 0 Å². The molecule has 30 heavy (non-hydrogen) atoms. The van der Waals surface area contributed by atoms with E-state index in [1.165, 1.54) is 0 Å². The van der Waals surface area contributed by atoms with E-state index in [0.29, 0.717) is 34.0 Å². The van der Waals surface area contributed by atoms with Gasteiger partial charge in [0.2, 0.25) is 5.95 Å². The van der Waals surface area contributed by atoms with Crippen molar-refractivity contribution in [3.8, 4) is 0 Å². The summed E-state index contributed by atoms with van der Waals surface area (Å²) < 4.78 is 7.33. The van der Waals surface area contributed by atoms with Gasteiger partial charge in [-0.25, -0.2) is 9.97 Å². The summed E-state index contributed by atoms with van der Waals surface area (Å²) in [4.78, 5) is 24.6. The number of carbonyl (C=O) groups excluding carboxylic acids is 1. The molecule has 156 valence electrons. The number of benzene rings is 1. The highest BCUT2D eigenvalue weighted by Gasteiger charge is 2.20. The number of nitrogens with zero attached hydrogens (tertiary/aromatic N) is 5. The summed E-state index contributed by atoms with van der Waals surface area (Å²) in [6, 6.07) is 9.67. The van der Waals surface area contributed by atoms with Crippen molar-refractivity contribution in [3.05, 3.63) is 47.3 Å². The molecule has 0 fully saturated rings. The largest absolute Gasteiger partial charge is 0.336 e. The number of fused-ring (bicyclic) bond motifs is 2. The number of likely N-dealkylation sites (N-methyl/N-ethyl adjacent to an activating group) is 1. The molecule has 1 N–H and O–H groups in total. The second kappa shape index (κ2) is 8.23. The second-order valence-electron chi connectivity index (χ2n) is 7.32. The number of aryl methyl sites for hydroxylation is 2. The van der Waals surface area contributed by atoms with Crippen LogP contribution in [0, 0.1) is 13.8 Å². The van der Waals surface area contributed by atoms with Crippen LogP contribution in [-0.4, -0.2) is 50.1 Å². The lowest BCUT2D eigenvalue weighted by atomic mass is 10.1. The second-order valence-corrected chi connectivity index (χ2v) is 7.32. The molecule has 0 radical (unpaired) electrons. The lowest BCUT2D eigenvalue weighted by molar-refractivity contribution is 0.102. The first kappa shape index (κ1) is 20.0. The van der Waals surface area contributed by atoms with Gasteiger partial charge in [0.1, 0.15) is 0 Å². The Morgan fingerprint density at radius 1 is 1.17 bits per heavy atom. The van der Waals surface area contributed by atoms with E-state index in [1.807, 2.05) is 31.2 Å². The maximum absolute atomic E-state index is 13.2. The highest BCUT2D eigenvalue weighted by molar-refractivity contribution is 6.12. The first-order valence-electron chi connectivity index (χ1n) is 10.2. The molecule has 0 atom stereocenters. The van der Waals surface area contributed by atoms with Crippen molar-refractivity contribution < 1.29 is 9.32 Å². The van der Waals surface area contributed by atoms with Gasteiger partial charge in [-0.2, -0.15) is 0 Å². The Balaban J connectivity index is 1.71. The normalized spacial score (nSPS) is 11.6. The SMILES string of the molecule is CCN(CC)CCn1c(NC(=O)c2cc(C)nc3onc(C)c23)nc2ccccc21. The van der Waals surface area contributed by atoms with Crippen LogP contribution in [0.25, 0.3) is 22.1 Å². The van der Waals surface area contributed by atoms with Crippen molar-refractivity contribution in [3.63, 3.8) is 0 Å². The summed E-state index contributed by atoms with van der Waals surface area (Å²) in [6.07, 6.45) is 0. The van der Waals surface area contributed by atoms with Crippen LogP contribution in [0.1, 0.15) is 35.6 Å². The van der Waals surface area contributed by atoms with Crippen LogP contribution in [-0.2, 0) is 6.54 Å². The molecule has 0 saturated heterocycles. The van der Waals surface area contributed by atoms with Crippen LogP contribution in [0.5, 0.6) is 0 Å². The van der Waals surface area contributed by atoms with Crippen LogP contribution in [0.15, 0.2) is 34.9 Å². The van der Waals surface area contributed by atoms with Crippen LogP contribution in [0.4, 0.5) is 5.95 Å². The zero-order valence-corrected chi connectivity index (χ0v) is 17.8. The zero-order chi connectivity index (χ0) is 21.3. The van der Waals surface area contributed by atoms with Crippen molar-refractivity contribution in [2.75, 3.05) is 25.0 Å². The van der Waals surface area contributed by atoms with Crippen molar-refractivity contribution in [1.29, 1.82) is 0 Å². The van der Waals surface area contributed by atoms with Gasteiger partial charge in [-0.05, 0) is 45.1 Å². The van der Waals surface area contributed by atoms with Crippen molar-refractivity contribution in [2.45, 2.75) is 34.2 Å². The monoisotopic (exact) mass is 406 g/mol. The summed E-state index contributed by atoms with van der Waals surface area (Å²) >= 11 is 0. The van der Waals surface area contributed by atoms with E-state index in [4.69, 9.17) is 4.52 Å². The topological polar surface area (TPSA) is 89.1 Å². The summed E-state index contributed by atoms with van der Waals surface area (Å²) in [5.41, 5.74) is 4.03. The zero-order valence-electron chi connectivity index (χ0n) is 17.8. The molecular formula is C22H26N6O2. The fourth-order valence-electron chi connectivity index (χ4n) is 3.74. The molecule has 0 unspecified atom stereocenters. The number of nitrogens with one attached hydrogen (secondary N) is 1. The molecule has 0 aliphatic carbocycles. The Hall–Kier alpha value is -3.26. The van der Waals surface area contributed by atoms with E-state index in [1.54, 1.807) is 13.0 Å². The first-order chi connectivity index (χ1) is 14.5. The number of imidazole rings is 1. The minimum atomic E-state index is -0.254. The van der Waals surface area contributed by atoms with Gasteiger partial charge in [0.05, 0.1) is 27.7 Å². The number of rotatable bonds is 7. The minimum absolute atomic E-state index is 0.254. The maximum atomic E-state index is 13.2. The lowest BCUT2D eigenvalue weighted by Gasteiger charge is -2.19. The first-order valence-corrected chi connectivity index (χ1v) is 10.2. The van der Waals surface area contributed by atoms with E-state index < -0.39 is 0 Å². The molecule has 0 aliphatic rings. The maximum Gasteiger partial charge on any atom is 0.258 e. The minimum Gasteiger partial charge on any atom is -0.336 e. The number of pyridine rings is 1. The van der Waals surface area contributed by atoms with E-state index in [0.717, 1.165) is 37.2 Å². The molecule has 4 aromatic rings. The predicted molar refractivity (Wildman–Crippen MR) is 117 cm³/mol. The van der Waals surface area contributed by atoms with E-state index >= 15 is 0 Å². The van der Waals surface area contributed by atoms with Gasteiger partial charge in [-0.15, -0.1) is 0 Å². The Bertz CT molecular complexity index is 1210. The number of aromatic nitrogens is 4. The van der Waals surface area contributed by atoms with Gasteiger partial charge < -0.3 is 14.0 Å². The molecule has 1 aromatic carbocycles. The van der Waals surface area contributed by atoms with Gasteiger partial charge in [0.25, 0.3) is 11.6 Å². The number of hydrogen-bond acceptors (Lipinski definition) is 6. The molecular weight excluding hydrogens is 380 g/mol. The quantitative estimate of drug-likeness (QED) is 0.502. The Labute approximate surface area is 174 Å². The molecule has 3 heterocycles. The average Bonchev–Trinajstić information content (AvgIpc) is 3.28. The molecule has 3 aromatic heterocycles. The standard InChI is InChI=1S/C22H26N6O2/c1-5-27(6-2)11-12-28-18-10-8-7-9-17(18)24-22(28)25-20(29)16-13-14(3)23-21-19(16)15(4)26-30-21/h7-10,13H,5-6,11-12H2,1-4H3,(H,24,25,29). The summed E-state index contributed by atoms with van der Waals surface area (Å²) in [5.74, 6) is 0.279. The van der Waals surface area contributed by atoms with Crippen LogP contribution in [0.2, 0.25) is 0 Å². The van der Waals surface area contributed by atoms with Gasteiger partial charge >= 0.3 is 0 Å². The summed E-state index contributed by atoms with van der Waals surface area (Å²) in [6.45, 7) is 11.5. The van der Waals surface area contributed by atoms with Crippen LogP contribution < -0.4 is 5.32 Å². The molecule has 0 spiro atoms. The fraction of sp³-hybridized carbons (Fsp3) is 0.364. The third kappa shape index (κ3) is 3.66. The number of para-hydroxylation sites is 2. The summed E-state index contributed by atoms with van der Waals surface area (Å²) in [7, 11) is 0. The molecule has 1 amide bonds. The summed E-state index contributed by atoms with van der Waals surface area (Å²) in [5, 5.41) is 7.60. The van der Waals surface area contributed by atoms with Crippen LogP contribution >= 0.6 is 0 Å². The highest BCUT2D eigenvalue weighted by Crippen LogP contribution is 2.24. The van der Waals surface area contributed by atoms with Crippen molar-refractivity contribution in [1.82, 2.24) is 24.6 Å². The van der Waals surface area contributed by atoms with E-state index in [2.05, 4.69) is 43.8 Å². The smallest absolute Gasteiger partial charge is 0.258 e. The average molecular weight is 406 g/mol. The third-order valence-electron chi connectivity index (χ3n) is 5.40. The van der Waals surface area contributed by atoms with Crippen molar-refractivity contribution >= 4 is 34.0 Å². The number of carbonyl (C=O) groups is 1. The Morgan fingerprint density at radius 3 is 2.70 bits per heavy atom. The van der Waals surface area contributed by atoms with Gasteiger partial charge in [0.15, 0.2) is 0 Å². The molecule has 0 aliphatic heterocycles. The predicted octanol–water partition coefficient (Wildman–Crippen LogP) is 3.78. The van der Waals surface area contributed by atoms with Crippen molar-refractivity contribution in [2.24, 2.45) is 0 Å². The van der Waals surface area contributed by atoms with Gasteiger partial charge in [-0.3, -0.25) is 10.1 Å². The molecule has 8 heteroatoms. The Kier molecular flexibility index (Phi) is 5.50. The fourth-order valence-corrected chi connectivity index (χ4v) is 3.74. The lowest BCUT2D eigenvalue weighted by Crippen LogP contribution is -2.27. The van der Waals surface area contributed by atoms with E-state index in [-0.39, 0.29) is 5.91 Å². The molecule has 4 rings (SSSR count). The van der Waals surface area contributed by atoms with Gasteiger partial charge in [-0.1, -0.05) is 31.1 Å². The van der Waals surface area contributed by atoms with Gasteiger partial charge in [0, 0.05) is 18.8 Å². The Morgan fingerprint density at radius 2 is 1.93 bits per heavy atom. The van der Waals surface area contributed by atoms with E-state index in [9.17, 15) is 4.79 Å². The number of hydrogen-bond donors (Lipinski definition) is 1. The molecule has 0 saturated carbocycles.